The van der Waals surface area contributed by atoms with Crippen molar-refractivity contribution in [3.05, 3.63) is 70.8 Å². The van der Waals surface area contributed by atoms with E-state index >= 15 is 0 Å². The monoisotopic (exact) mass is 296 g/mol. The van der Waals surface area contributed by atoms with Gasteiger partial charge in [-0.05, 0) is 30.0 Å². The van der Waals surface area contributed by atoms with Crippen molar-refractivity contribution in [1.82, 2.24) is 0 Å². The Bertz CT molecular complexity index is 717. The Morgan fingerprint density at radius 1 is 0.955 bits per heavy atom. The molecule has 1 N–H and O–H groups in total. The van der Waals surface area contributed by atoms with Gasteiger partial charge in [-0.15, -0.1) is 0 Å². The standard InChI is InChI=1S/C18H16O4/c1-12-14(10-13-6-3-2-4-7-13)8-5-9-15(12)16(19)11-17(20)18(21)22/h2-9H,10-11H2,1H3,(H,21,22). The number of ketones is 2. The predicted octanol–water partition coefficient (Wildman–Crippen LogP) is 2.81. The van der Waals surface area contributed by atoms with Crippen LogP contribution < -0.4 is 0 Å². The Morgan fingerprint density at radius 3 is 2.27 bits per heavy atom. The highest BCUT2D eigenvalue weighted by Crippen LogP contribution is 2.19. The van der Waals surface area contributed by atoms with E-state index in [-0.39, 0.29) is 0 Å². The fourth-order valence-electron chi connectivity index (χ4n) is 2.31. The highest BCUT2D eigenvalue weighted by Gasteiger charge is 2.19. The maximum Gasteiger partial charge on any atom is 0.372 e. The van der Waals surface area contributed by atoms with E-state index < -0.39 is 24.0 Å². The van der Waals surface area contributed by atoms with Gasteiger partial charge in [-0.3, -0.25) is 9.59 Å². The van der Waals surface area contributed by atoms with Crippen molar-refractivity contribution in [3.63, 3.8) is 0 Å². The van der Waals surface area contributed by atoms with Crippen LogP contribution in [-0.2, 0) is 16.0 Å². The number of carbonyl (C=O) groups excluding carboxylic acids is 2. The second-order valence-corrected chi connectivity index (χ2v) is 5.08. The van der Waals surface area contributed by atoms with E-state index in [1.54, 1.807) is 12.1 Å². The summed E-state index contributed by atoms with van der Waals surface area (Å²) < 4.78 is 0. The molecule has 0 aliphatic carbocycles. The molecule has 0 saturated carbocycles. The Morgan fingerprint density at radius 2 is 1.64 bits per heavy atom. The molecule has 0 saturated heterocycles. The van der Waals surface area contributed by atoms with Crippen molar-refractivity contribution < 1.29 is 19.5 Å². The Labute approximate surface area is 128 Å². The fraction of sp³-hybridized carbons (Fsp3) is 0.167. The number of hydrogen-bond donors (Lipinski definition) is 1. The Kier molecular flexibility index (Phi) is 4.84. The van der Waals surface area contributed by atoms with Gasteiger partial charge >= 0.3 is 5.97 Å². The van der Waals surface area contributed by atoms with Crippen LogP contribution in [0.3, 0.4) is 0 Å². The Hall–Kier alpha value is -2.75. The van der Waals surface area contributed by atoms with Crippen molar-refractivity contribution in [1.29, 1.82) is 0 Å². The van der Waals surface area contributed by atoms with E-state index in [1.165, 1.54) is 0 Å². The molecular formula is C18H16O4. The summed E-state index contributed by atoms with van der Waals surface area (Å²) in [6.07, 6.45) is 0.0750. The topological polar surface area (TPSA) is 71.4 Å². The summed E-state index contributed by atoms with van der Waals surface area (Å²) in [5.74, 6) is -3.12. The summed E-state index contributed by atoms with van der Waals surface area (Å²) >= 11 is 0. The van der Waals surface area contributed by atoms with Gasteiger partial charge in [0.05, 0.1) is 6.42 Å². The molecule has 0 aromatic heterocycles. The van der Waals surface area contributed by atoms with E-state index in [2.05, 4.69) is 0 Å². The van der Waals surface area contributed by atoms with Gasteiger partial charge < -0.3 is 5.11 Å². The number of aliphatic carboxylic acids is 1. The first-order valence-electron chi connectivity index (χ1n) is 6.90. The van der Waals surface area contributed by atoms with E-state index in [1.807, 2.05) is 43.3 Å². The van der Waals surface area contributed by atoms with Crippen LogP contribution >= 0.6 is 0 Å². The van der Waals surface area contributed by atoms with Gasteiger partial charge in [0, 0.05) is 5.56 Å². The SMILES string of the molecule is Cc1c(Cc2ccccc2)cccc1C(=O)CC(=O)C(=O)O. The first kappa shape index (κ1) is 15.6. The quantitative estimate of drug-likeness (QED) is 0.505. The van der Waals surface area contributed by atoms with Crippen molar-refractivity contribution in [3.8, 4) is 0 Å². The molecule has 2 aromatic carbocycles. The molecule has 0 fully saturated rings. The first-order chi connectivity index (χ1) is 10.5. The van der Waals surface area contributed by atoms with Crippen LogP contribution in [0.15, 0.2) is 48.5 Å². The van der Waals surface area contributed by atoms with Crippen molar-refractivity contribution >= 4 is 17.5 Å². The Balaban J connectivity index is 2.24. The number of carbonyl (C=O) groups is 3. The minimum atomic E-state index is -1.58. The molecular weight excluding hydrogens is 280 g/mol. The molecule has 4 heteroatoms. The van der Waals surface area contributed by atoms with Gasteiger partial charge in [0.25, 0.3) is 0 Å². The second-order valence-electron chi connectivity index (χ2n) is 5.08. The molecule has 4 nitrogen and oxygen atoms in total. The van der Waals surface area contributed by atoms with Crippen LogP contribution in [0.5, 0.6) is 0 Å². The summed E-state index contributed by atoms with van der Waals surface area (Å²) in [5.41, 5.74) is 3.30. The number of carboxylic acid groups (broad SMARTS) is 1. The summed E-state index contributed by atoms with van der Waals surface area (Å²) in [4.78, 5) is 33.9. The van der Waals surface area contributed by atoms with Gasteiger partial charge in [-0.2, -0.15) is 0 Å². The van der Waals surface area contributed by atoms with Crippen LogP contribution in [0, 0.1) is 6.92 Å². The highest BCUT2D eigenvalue weighted by atomic mass is 16.4. The minimum absolute atomic E-state index is 0.406. The third-order valence-corrected chi connectivity index (χ3v) is 3.54. The van der Waals surface area contributed by atoms with Crippen molar-refractivity contribution in [2.24, 2.45) is 0 Å². The second kappa shape index (κ2) is 6.80. The smallest absolute Gasteiger partial charge is 0.372 e. The average molecular weight is 296 g/mol. The van der Waals surface area contributed by atoms with Crippen LogP contribution in [0.2, 0.25) is 0 Å². The van der Waals surface area contributed by atoms with Crippen molar-refractivity contribution in [2.75, 3.05) is 0 Å². The summed E-state index contributed by atoms with van der Waals surface area (Å²) in [7, 11) is 0. The molecule has 2 rings (SSSR count). The number of benzene rings is 2. The summed E-state index contributed by atoms with van der Waals surface area (Å²) in [6.45, 7) is 1.82. The molecule has 0 aliphatic rings. The fourth-order valence-corrected chi connectivity index (χ4v) is 2.31. The molecule has 0 bridgehead atoms. The molecule has 0 atom stereocenters. The highest BCUT2D eigenvalue weighted by molar-refractivity contribution is 6.37. The van der Waals surface area contributed by atoms with E-state index in [4.69, 9.17) is 5.11 Å². The average Bonchev–Trinajstić information content (AvgIpc) is 2.50. The van der Waals surface area contributed by atoms with Gasteiger partial charge in [-0.25, -0.2) is 4.79 Å². The van der Waals surface area contributed by atoms with Gasteiger partial charge in [0.1, 0.15) is 0 Å². The van der Waals surface area contributed by atoms with Crippen LogP contribution in [0.4, 0.5) is 0 Å². The lowest BCUT2D eigenvalue weighted by atomic mass is 9.93. The van der Waals surface area contributed by atoms with Crippen LogP contribution in [0.1, 0.15) is 33.5 Å². The first-order valence-corrected chi connectivity index (χ1v) is 6.90. The third-order valence-electron chi connectivity index (χ3n) is 3.54. The molecule has 0 amide bonds. The van der Waals surface area contributed by atoms with E-state index in [9.17, 15) is 14.4 Å². The van der Waals surface area contributed by atoms with Gasteiger partial charge in [0.2, 0.25) is 5.78 Å². The molecule has 0 unspecified atom stereocenters. The molecule has 0 spiro atoms. The number of carboxylic acids is 1. The predicted molar refractivity (Wildman–Crippen MR) is 82.0 cm³/mol. The lowest BCUT2D eigenvalue weighted by Gasteiger charge is -2.10. The van der Waals surface area contributed by atoms with Gasteiger partial charge in [0.15, 0.2) is 5.78 Å². The van der Waals surface area contributed by atoms with Crippen LogP contribution in [0.25, 0.3) is 0 Å². The molecule has 2 aromatic rings. The van der Waals surface area contributed by atoms with E-state index in [0.717, 1.165) is 16.7 Å². The van der Waals surface area contributed by atoms with Gasteiger partial charge in [-0.1, -0.05) is 48.5 Å². The lowest BCUT2D eigenvalue weighted by Crippen LogP contribution is -2.18. The zero-order valence-corrected chi connectivity index (χ0v) is 12.2. The number of rotatable bonds is 6. The van der Waals surface area contributed by atoms with Crippen molar-refractivity contribution in [2.45, 2.75) is 19.8 Å². The van der Waals surface area contributed by atoms with Crippen LogP contribution in [-0.4, -0.2) is 22.6 Å². The number of Topliss-reactive ketones (excluding diaryl/α,β-unsaturated/α-hetero) is 2. The third kappa shape index (κ3) is 3.67. The van der Waals surface area contributed by atoms with E-state index in [0.29, 0.717) is 12.0 Å². The molecule has 112 valence electrons. The molecule has 0 radical (unpaired) electrons. The normalized spacial score (nSPS) is 10.2. The maximum absolute atomic E-state index is 12.1. The maximum atomic E-state index is 12.1. The molecule has 0 heterocycles. The summed E-state index contributed by atoms with van der Waals surface area (Å²) in [6, 6.07) is 15.1. The number of hydrogen-bond acceptors (Lipinski definition) is 3. The largest absolute Gasteiger partial charge is 0.475 e. The minimum Gasteiger partial charge on any atom is -0.475 e. The summed E-state index contributed by atoms with van der Waals surface area (Å²) in [5, 5.41) is 8.59. The lowest BCUT2D eigenvalue weighted by molar-refractivity contribution is -0.148. The zero-order valence-electron chi connectivity index (χ0n) is 12.2. The molecule has 22 heavy (non-hydrogen) atoms. The zero-order chi connectivity index (χ0) is 16.1. The molecule has 0 aliphatic heterocycles.